The van der Waals surface area contributed by atoms with Gasteiger partial charge < -0.3 is 9.47 Å². The topological polar surface area (TPSA) is 55.8 Å². The summed E-state index contributed by atoms with van der Waals surface area (Å²) in [5.41, 5.74) is 1.59. The molecule has 2 aromatic carbocycles. The number of carbonyl (C=O) groups excluding carboxylic acids is 2. The molecule has 0 saturated carbocycles. The molecular weight excluding hydrogens is 362 g/mol. The number of amides is 1. The molecule has 1 amide bonds. The number of hydrogen-bond acceptors (Lipinski definition) is 4. The van der Waals surface area contributed by atoms with Crippen molar-refractivity contribution < 1.29 is 19.1 Å². The Morgan fingerprint density at radius 3 is 2.57 bits per heavy atom. The van der Waals surface area contributed by atoms with Crippen molar-refractivity contribution in [3.63, 3.8) is 0 Å². The van der Waals surface area contributed by atoms with Crippen LogP contribution in [0.4, 0.5) is 11.4 Å². The SMILES string of the molecule is COC(=O)c1ccc2c(c1)N(c1ccc(Br)cc1)C(=O)C(C)O2. The number of esters is 1. The van der Waals surface area contributed by atoms with Gasteiger partial charge in [-0.3, -0.25) is 9.69 Å². The Morgan fingerprint density at radius 1 is 1.22 bits per heavy atom. The monoisotopic (exact) mass is 375 g/mol. The highest BCUT2D eigenvalue weighted by Crippen LogP contribution is 2.39. The lowest BCUT2D eigenvalue weighted by Gasteiger charge is -2.33. The van der Waals surface area contributed by atoms with Crippen LogP contribution in [0.3, 0.4) is 0 Å². The molecule has 1 atom stereocenters. The first-order valence-corrected chi connectivity index (χ1v) is 7.79. The normalized spacial score (nSPS) is 16.6. The number of nitrogens with zero attached hydrogens (tertiary/aromatic N) is 1. The van der Waals surface area contributed by atoms with E-state index >= 15 is 0 Å². The van der Waals surface area contributed by atoms with E-state index in [1.54, 1.807) is 30.0 Å². The average Bonchev–Trinajstić information content (AvgIpc) is 2.56. The number of rotatable bonds is 2. The highest BCUT2D eigenvalue weighted by Gasteiger charge is 2.33. The van der Waals surface area contributed by atoms with Crippen molar-refractivity contribution in [3.8, 4) is 5.75 Å². The van der Waals surface area contributed by atoms with Gasteiger partial charge in [0.05, 0.1) is 18.4 Å². The van der Waals surface area contributed by atoms with E-state index in [1.807, 2.05) is 24.3 Å². The van der Waals surface area contributed by atoms with E-state index in [0.717, 1.165) is 4.47 Å². The fourth-order valence-corrected chi connectivity index (χ4v) is 2.70. The predicted octanol–water partition coefficient (Wildman–Crippen LogP) is 3.68. The maximum atomic E-state index is 12.6. The van der Waals surface area contributed by atoms with Crippen LogP contribution >= 0.6 is 15.9 Å². The van der Waals surface area contributed by atoms with Gasteiger partial charge in [0.25, 0.3) is 5.91 Å². The summed E-state index contributed by atoms with van der Waals surface area (Å²) in [6.45, 7) is 1.70. The third-order valence-corrected chi connectivity index (χ3v) is 4.11. The predicted molar refractivity (Wildman–Crippen MR) is 89.2 cm³/mol. The lowest BCUT2D eigenvalue weighted by atomic mass is 10.1. The minimum Gasteiger partial charge on any atom is -0.479 e. The number of fused-ring (bicyclic) bond motifs is 1. The molecule has 0 spiro atoms. The lowest BCUT2D eigenvalue weighted by molar-refractivity contribution is -0.124. The van der Waals surface area contributed by atoms with Crippen molar-refractivity contribution in [2.45, 2.75) is 13.0 Å². The molecule has 2 aromatic rings. The van der Waals surface area contributed by atoms with Gasteiger partial charge in [-0.05, 0) is 49.4 Å². The van der Waals surface area contributed by atoms with Crippen LogP contribution in [0.15, 0.2) is 46.9 Å². The fourth-order valence-electron chi connectivity index (χ4n) is 2.43. The second-order valence-corrected chi connectivity index (χ2v) is 6.00. The first-order chi connectivity index (χ1) is 11.0. The van der Waals surface area contributed by atoms with Gasteiger partial charge in [0, 0.05) is 10.2 Å². The van der Waals surface area contributed by atoms with Crippen molar-refractivity contribution in [2.24, 2.45) is 0 Å². The van der Waals surface area contributed by atoms with Gasteiger partial charge in [-0.1, -0.05) is 15.9 Å². The van der Waals surface area contributed by atoms with Crippen LogP contribution in [0.25, 0.3) is 0 Å². The molecule has 0 radical (unpaired) electrons. The van der Waals surface area contributed by atoms with E-state index in [4.69, 9.17) is 9.47 Å². The molecule has 0 aromatic heterocycles. The molecule has 1 aliphatic heterocycles. The molecule has 6 heteroatoms. The molecule has 0 N–H and O–H groups in total. The Morgan fingerprint density at radius 2 is 1.91 bits per heavy atom. The quantitative estimate of drug-likeness (QED) is 0.751. The molecule has 0 aliphatic carbocycles. The standard InChI is InChI=1S/C17H14BrNO4/c1-10-16(20)19(13-6-4-12(18)5-7-13)14-9-11(17(21)22-2)3-8-15(14)23-10/h3-10H,1-2H3. The molecular formula is C17H14BrNO4. The largest absolute Gasteiger partial charge is 0.479 e. The zero-order chi connectivity index (χ0) is 16.6. The molecule has 5 nitrogen and oxygen atoms in total. The van der Waals surface area contributed by atoms with Crippen molar-refractivity contribution in [3.05, 3.63) is 52.5 Å². The summed E-state index contributed by atoms with van der Waals surface area (Å²) in [5, 5.41) is 0. The fraction of sp³-hybridized carbons (Fsp3) is 0.176. The number of ether oxygens (including phenoxy) is 2. The minimum atomic E-state index is -0.602. The number of methoxy groups -OCH3 is 1. The average molecular weight is 376 g/mol. The van der Waals surface area contributed by atoms with E-state index in [-0.39, 0.29) is 5.91 Å². The molecule has 23 heavy (non-hydrogen) atoms. The molecule has 0 fully saturated rings. The Kier molecular flexibility index (Phi) is 4.09. The summed E-state index contributed by atoms with van der Waals surface area (Å²) in [6.07, 6.45) is -0.602. The number of carbonyl (C=O) groups is 2. The summed E-state index contributed by atoms with van der Waals surface area (Å²) < 4.78 is 11.3. The maximum Gasteiger partial charge on any atom is 0.337 e. The molecule has 1 aliphatic rings. The first kappa shape index (κ1) is 15.6. The van der Waals surface area contributed by atoms with Crippen LogP contribution in [0.5, 0.6) is 5.75 Å². The number of halogens is 1. The molecule has 0 bridgehead atoms. The Hall–Kier alpha value is -2.34. The van der Waals surface area contributed by atoms with Gasteiger partial charge in [0.1, 0.15) is 5.75 Å². The molecule has 0 saturated heterocycles. The van der Waals surface area contributed by atoms with E-state index in [0.29, 0.717) is 22.7 Å². The third kappa shape index (κ3) is 2.82. The summed E-state index contributed by atoms with van der Waals surface area (Å²) >= 11 is 3.38. The maximum absolute atomic E-state index is 12.6. The van der Waals surface area contributed by atoms with Gasteiger partial charge in [-0.25, -0.2) is 4.79 Å². The highest BCUT2D eigenvalue weighted by molar-refractivity contribution is 9.10. The summed E-state index contributed by atoms with van der Waals surface area (Å²) in [7, 11) is 1.32. The van der Waals surface area contributed by atoms with Gasteiger partial charge in [-0.15, -0.1) is 0 Å². The van der Waals surface area contributed by atoms with E-state index < -0.39 is 12.1 Å². The van der Waals surface area contributed by atoms with Crippen molar-refractivity contribution in [1.29, 1.82) is 0 Å². The van der Waals surface area contributed by atoms with Gasteiger partial charge in [-0.2, -0.15) is 0 Å². The minimum absolute atomic E-state index is 0.193. The Balaban J connectivity index is 2.14. The summed E-state index contributed by atoms with van der Waals surface area (Å²) in [5.74, 6) is -0.107. The van der Waals surface area contributed by atoms with Crippen LogP contribution in [-0.4, -0.2) is 25.1 Å². The number of hydrogen-bond donors (Lipinski definition) is 0. The lowest BCUT2D eigenvalue weighted by Crippen LogP contribution is -2.41. The van der Waals surface area contributed by atoms with E-state index in [1.165, 1.54) is 7.11 Å². The van der Waals surface area contributed by atoms with Crippen LogP contribution < -0.4 is 9.64 Å². The van der Waals surface area contributed by atoms with E-state index in [2.05, 4.69) is 15.9 Å². The zero-order valence-electron chi connectivity index (χ0n) is 12.6. The second kappa shape index (κ2) is 6.04. The number of benzene rings is 2. The smallest absolute Gasteiger partial charge is 0.337 e. The summed E-state index contributed by atoms with van der Waals surface area (Å²) in [4.78, 5) is 25.9. The molecule has 1 heterocycles. The summed E-state index contributed by atoms with van der Waals surface area (Å²) in [6, 6.07) is 12.3. The van der Waals surface area contributed by atoms with Crippen molar-refractivity contribution in [1.82, 2.24) is 0 Å². The first-order valence-electron chi connectivity index (χ1n) is 7.00. The van der Waals surface area contributed by atoms with Crippen LogP contribution in [0.1, 0.15) is 17.3 Å². The Bertz CT molecular complexity index is 773. The number of anilines is 2. The van der Waals surface area contributed by atoms with Crippen LogP contribution in [-0.2, 0) is 9.53 Å². The van der Waals surface area contributed by atoms with Crippen molar-refractivity contribution >= 4 is 39.2 Å². The Labute approximate surface area is 141 Å². The van der Waals surface area contributed by atoms with Crippen LogP contribution in [0, 0.1) is 0 Å². The van der Waals surface area contributed by atoms with Gasteiger partial charge >= 0.3 is 5.97 Å². The molecule has 118 valence electrons. The van der Waals surface area contributed by atoms with Gasteiger partial charge in [0.15, 0.2) is 6.10 Å². The zero-order valence-corrected chi connectivity index (χ0v) is 14.2. The van der Waals surface area contributed by atoms with Crippen molar-refractivity contribution in [2.75, 3.05) is 12.0 Å². The highest BCUT2D eigenvalue weighted by atomic mass is 79.9. The molecule has 3 rings (SSSR count). The third-order valence-electron chi connectivity index (χ3n) is 3.58. The van der Waals surface area contributed by atoms with E-state index in [9.17, 15) is 9.59 Å². The van der Waals surface area contributed by atoms with Gasteiger partial charge in [0.2, 0.25) is 0 Å². The van der Waals surface area contributed by atoms with Crippen LogP contribution in [0.2, 0.25) is 0 Å². The molecule has 1 unspecified atom stereocenters. The second-order valence-electron chi connectivity index (χ2n) is 5.08.